The molecule has 1 fully saturated rings. The maximum atomic E-state index is 12.9. The van der Waals surface area contributed by atoms with Crippen LogP contribution in [0.1, 0.15) is 25.0 Å². The third-order valence-electron chi connectivity index (χ3n) is 4.19. The third kappa shape index (κ3) is 3.64. The molecule has 0 aliphatic carbocycles. The number of rotatable bonds is 4. The standard InChI is InChI=1S/C16H21F3N2O3/c1-14(2,23)12-6-4-11(5-7-12)8-20-13(22)21-9-15(10-21,24-3)16(17,18)19/h4-7,23H,8-10H2,1-3H3,(H,20,22). The van der Waals surface area contributed by atoms with E-state index in [2.05, 4.69) is 10.1 Å². The average Bonchev–Trinajstić information content (AvgIpc) is 2.42. The maximum absolute atomic E-state index is 12.9. The van der Waals surface area contributed by atoms with Crippen LogP contribution in [0, 0.1) is 0 Å². The smallest absolute Gasteiger partial charge is 0.386 e. The zero-order valence-corrected chi connectivity index (χ0v) is 13.8. The monoisotopic (exact) mass is 346 g/mol. The van der Waals surface area contributed by atoms with Crippen molar-refractivity contribution in [2.75, 3.05) is 20.2 Å². The lowest BCUT2D eigenvalue weighted by Gasteiger charge is -2.49. The molecule has 1 heterocycles. The van der Waals surface area contributed by atoms with E-state index in [4.69, 9.17) is 0 Å². The summed E-state index contributed by atoms with van der Waals surface area (Å²) in [5.74, 6) is 0. The number of halogens is 3. The minimum atomic E-state index is -4.51. The maximum Gasteiger partial charge on any atom is 0.420 e. The Morgan fingerprint density at radius 3 is 2.25 bits per heavy atom. The molecule has 1 saturated heterocycles. The molecule has 0 radical (unpaired) electrons. The molecule has 134 valence electrons. The van der Waals surface area contributed by atoms with Gasteiger partial charge in [-0.05, 0) is 25.0 Å². The summed E-state index contributed by atoms with van der Waals surface area (Å²) < 4.78 is 43.2. The number of carbonyl (C=O) groups excluding carboxylic acids is 1. The largest absolute Gasteiger partial charge is 0.420 e. The molecule has 2 N–H and O–H groups in total. The van der Waals surface area contributed by atoms with Crippen molar-refractivity contribution in [2.24, 2.45) is 0 Å². The van der Waals surface area contributed by atoms with Gasteiger partial charge >= 0.3 is 12.2 Å². The molecule has 0 unspecified atom stereocenters. The van der Waals surface area contributed by atoms with Gasteiger partial charge < -0.3 is 20.1 Å². The van der Waals surface area contributed by atoms with Crippen LogP contribution < -0.4 is 5.32 Å². The van der Waals surface area contributed by atoms with Crippen molar-refractivity contribution in [1.82, 2.24) is 10.2 Å². The summed E-state index contributed by atoms with van der Waals surface area (Å²) in [6.45, 7) is 2.48. The summed E-state index contributed by atoms with van der Waals surface area (Å²) in [4.78, 5) is 13.0. The van der Waals surface area contributed by atoms with Crippen molar-refractivity contribution in [1.29, 1.82) is 0 Å². The molecule has 2 rings (SSSR count). The molecule has 0 atom stereocenters. The molecular weight excluding hydrogens is 325 g/mol. The van der Waals surface area contributed by atoms with E-state index in [0.29, 0.717) is 0 Å². The molecule has 8 heteroatoms. The summed E-state index contributed by atoms with van der Waals surface area (Å²) in [5, 5.41) is 12.4. The van der Waals surface area contributed by atoms with Gasteiger partial charge in [-0.2, -0.15) is 13.2 Å². The van der Waals surface area contributed by atoms with Gasteiger partial charge in [-0.1, -0.05) is 24.3 Å². The number of aliphatic hydroxyl groups is 1. The molecule has 1 aromatic rings. The van der Waals surface area contributed by atoms with Crippen molar-refractivity contribution in [2.45, 2.75) is 37.8 Å². The van der Waals surface area contributed by atoms with Crippen LogP contribution in [0.3, 0.4) is 0 Å². The predicted octanol–water partition coefficient (Wildman–Crippen LogP) is 2.39. The van der Waals surface area contributed by atoms with Gasteiger partial charge in [-0.25, -0.2) is 4.79 Å². The van der Waals surface area contributed by atoms with Crippen molar-refractivity contribution < 1.29 is 27.8 Å². The second kappa shape index (κ2) is 6.25. The molecule has 1 aliphatic heterocycles. The Kier molecular flexibility index (Phi) is 4.83. The van der Waals surface area contributed by atoms with Crippen LogP contribution >= 0.6 is 0 Å². The average molecular weight is 346 g/mol. The number of ether oxygens (including phenoxy) is 1. The van der Waals surface area contributed by atoms with Crippen molar-refractivity contribution in [3.63, 3.8) is 0 Å². The highest BCUT2D eigenvalue weighted by molar-refractivity contribution is 5.75. The summed E-state index contributed by atoms with van der Waals surface area (Å²) in [6.07, 6.45) is -4.51. The summed E-state index contributed by atoms with van der Waals surface area (Å²) in [7, 11) is 0.993. The van der Waals surface area contributed by atoms with E-state index in [0.717, 1.165) is 23.1 Å². The first-order valence-electron chi connectivity index (χ1n) is 7.45. The van der Waals surface area contributed by atoms with Crippen LogP contribution in [0.25, 0.3) is 0 Å². The van der Waals surface area contributed by atoms with E-state index in [9.17, 15) is 23.1 Å². The molecule has 0 spiro atoms. The predicted molar refractivity (Wildman–Crippen MR) is 81.3 cm³/mol. The van der Waals surface area contributed by atoms with Crippen LogP contribution in [-0.2, 0) is 16.9 Å². The highest BCUT2D eigenvalue weighted by Gasteiger charge is 2.63. The van der Waals surface area contributed by atoms with E-state index < -0.39 is 36.5 Å². The lowest BCUT2D eigenvalue weighted by Crippen LogP contribution is -2.72. The zero-order valence-electron chi connectivity index (χ0n) is 13.8. The van der Waals surface area contributed by atoms with Gasteiger partial charge in [0.2, 0.25) is 0 Å². The molecule has 0 aromatic heterocycles. The van der Waals surface area contributed by atoms with E-state index in [-0.39, 0.29) is 6.54 Å². The zero-order chi connectivity index (χ0) is 18.2. The number of hydrogen-bond acceptors (Lipinski definition) is 3. The normalized spacial score (nSPS) is 17.4. The second-order valence-corrected chi connectivity index (χ2v) is 6.47. The number of benzene rings is 1. The first-order chi connectivity index (χ1) is 11.0. The quantitative estimate of drug-likeness (QED) is 0.880. The van der Waals surface area contributed by atoms with Gasteiger partial charge in [-0.3, -0.25) is 0 Å². The minimum Gasteiger partial charge on any atom is -0.386 e. The number of methoxy groups -OCH3 is 1. The lowest BCUT2D eigenvalue weighted by molar-refractivity contribution is -0.303. The fourth-order valence-corrected chi connectivity index (χ4v) is 2.46. The number of amides is 2. The topological polar surface area (TPSA) is 61.8 Å². The number of alkyl halides is 3. The van der Waals surface area contributed by atoms with Crippen molar-refractivity contribution >= 4 is 6.03 Å². The van der Waals surface area contributed by atoms with E-state index in [1.807, 2.05) is 0 Å². The fourth-order valence-electron chi connectivity index (χ4n) is 2.46. The van der Waals surface area contributed by atoms with Crippen LogP contribution in [-0.4, -0.2) is 48.0 Å². The minimum absolute atomic E-state index is 0.188. The van der Waals surface area contributed by atoms with Gasteiger partial charge in [-0.15, -0.1) is 0 Å². The molecule has 1 aromatic carbocycles. The first-order valence-corrected chi connectivity index (χ1v) is 7.45. The van der Waals surface area contributed by atoms with Crippen LogP contribution in [0.5, 0.6) is 0 Å². The molecule has 0 bridgehead atoms. The number of carbonyl (C=O) groups is 1. The highest BCUT2D eigenvalue weighted by atomic mass is 19.4. The lowest BCUT2D eigenvalue weighted by atomic mass is 9.93. The molecular formula is C16H21F3N2O3. The Labute approximate surface area is 138 Å². The van der Waals surface area contributed by atoms with Gasteiger partial charge in [0.25, 0.3) is 0 Å². The summed E-state index contributed by atoms with van der Waals surface area (Å²) in [5.41, 5.74) is -1.71. The van der Waals surface area contributed by atoms with Gasteiger partial charge in [0, 0.05) is 13.7 Å². The molecule has 24 heavy (non-hydrogen) atoms. The van der Waals surface area contributed by atoms with Crippen molar-refractivity contribution in [3.05, 3.63) is 35.4 Å². The van der Waals surface area contributed by atoms with E-state index in [1.54, 1.807) is 38.1 Å². The second-order valence-electron chi connectivity index (χ2n) is 6.47. The Balaban J connectivity index is 1.87. The van der Waals surface area contributed by atoms with E-state index in [1.165, 1.54) is 0 Å². The SMILES string of the molecule is COC1(C(F)(F)F)CN(C(=O)NCc2ccc(C(C)(C)O)cc2)C1. The number of urea groups is 1. The molecule has 0 saturated carbocycles. The molecule has 2 amide bonds. The fraction of sp³-hybridized carbons (Fsp3) is 0.562. The molecule has 5 nitrogen and oxygen atoms in total. The van der Waals surface area contributed by atoms with Crippen LogP contribution in [0.4, 0.5) is 18.0 Å². The molecule has 1 aliphatic rings. The number of nitrogens with one attached hydrogen (secondary N) is 1. The van der Waals surface area contributed by atoms with Crippen LogP contribution in [0.15, 0.2) is 24.3 Å². The first kappa shape index (κ1) is 18.5. The Hall–Kier alpha value is -1.80. The highest BCUT2D eigenvalue weighted by Crippen LogP contribution is 2.40. The van der Waals surface area contributed by atoms with Gasteiger partial charge in [0.15, 0.2) is 5.60 Å². The van der Waals surface area contributed by atoms with E-state index >= 15 is 0 Å². The number of likely N-dealkylation sites (tertiary alicyclic amines) is 1. The number of nitrogens with zero attached hydrogens (tertiary/aromatic N) is 1. The van der Waals surface area contributed by atoms with Crippen LogP contribution in [0.2, 0.25) is 0 Å². The Bertz CT molecular complexity index is 588. The van der Waals surface area contributed by atoms with Gasteiger partial charge in [0.1, 0.15) is 0 Å². The Morgan fingerprint density at radius 2 is 1.83 bits per heavy atom. The Morgan fingerprint density at radius 1 is 1.29 bits per heavy atom. The third-order valence-corrected chi connectivity index (χ3v) is 4.19. The van der Waals surface area contributed by atoms with Crippen molar-refractivity contribution in [3.8, 4) is 0 Å². The van der Waals surface area contributed by atoms with Gasteiger partial charge in [0.05, 0.1) is 18.7 Å². The summed E-state index contributed by atoms with van der Waals surface area (Å²) in [6, 6.07) is 6.41. The number of hydrogen-bond donors (Lipinski definition) is 2. The summed E-state index contributed by atoms with van der Waals surface area (Å²) >= 11 is 0.